The standard InChI is InChI=1S/C13H11BrClNO/c1-8-4-3-7-16-12(8)13(17)11-9(14)5-2-6-10(11)15/h2-7,13,17H,1H3. The first kappa shape index (κ1) is 12.6. The predicted octanol–water partition coefficient (Wildman–Crippen LogP) is 3.89. The zero-order chi connectivity index (χ0) is 12.4. The number of benzene rings is 1. The molecule has 0 fully saturated rings. The fourth-order valence-electron chi connectivity index (χ4n) is 1.69. The Kier molecular flexibility index (Phi) is 3.82. The van der Waals surface area contributed by atoms with Crippen LogP contribution in [0, 0.1) is 6.92 Å². The van der Waals surface area contributed by atoms with E-state index in [4.69, 9.17) is 11.6 Å². The summed E-state index contributed by atoms with van der Waals surface area (Å²) in [5.41, 5.74) is 2.21. The molecule has 0 aliphatic carbocycles. The minimum absolute atomic E-state index is 0.525. The van der Waals surface area contributed by atoms with Crippen molar-refractivity contribution >= 4 is 27.5 Å². The smallest absolute Gasteiger partial charge is 0.124 e. The van der Waals surface area contributed by atoms with E-state index in [0.717, 1.165) is 10.0 Å². The van der Waals surface area contributed by atoms with Gasteiger partial charge in [-0.25, -0.2) is 0 Å². The maximum Gasteiger partial charge on any atom is 0.124 e. The third kappa shape index (κ3) is 2.51. The van der Waals surface area contributed by atoms with Crippen molar-refractivity contribution in [2.45, 2.75) is 13.0 Å². The Balaban J connectivity index is 2.51. The summed E-state index contributed by atoms with van der Waals surface area (Å²) in [7, 11) is 0. The van der Waals surface area contributed by atoms with Crippen molar-refractivity contribution in [3.05, 3.63) is 62.8 Å². The molecule has 4 heteroatoms. The van der Waals surface area contributed by atoms with E-state index in [2.05, 4.69) is 20.9 Å². The van der Waals surface area contributed by atoms with Crippen LogP contribution in [0.25, 0.3) is 0 Å². The topological polar surface area (TPSA) is 33.1 Å². The average molecular weight is 313 g/mol. The largest absolute Gasteiger partial charge is 0.382 e. The number of aryl methyl sites for hydroxylation is 1. The van der Waals surface area contributed by atoms with Gasteiger partial charge in [-0.1, -0.05) is 39.7 Å². The maximum atomic E-state index is 10.4. The first-order chi connectivity index (χ1) is 8.11. The third-order valence-corrected chi connectivity index (χ3v) is 3.60. The highest BCUT2D eigenvalue weighted by atomic mass is 79.9. The molecule has 2 nitrogen and oxygen atoms in total. The molecular formula is C13H11BrClNO. The summed E-state index contributed by atoms with van der Waals surface area (Å²) in [4.78, 5) is 4.21. The highest BCUT2D eigenvalue weighted by molar-refractivity contribution is 9.10. The number of pyridine rings is 1. The number of aromatic nitrogens is 1. The molecule has 0 spiro atoms. The SMILES string of the molecule is Cc1cccnc1C(O)c1c(Cl)cccc1Br. The molecule has 1 heterocycles. The Morgan fingerprint density at radius 3 is 2.71 bits per heavy atom. The summed E-state index contributed by atoms with van der Waals surface area (Å²) < 4.78 is 0.780. The lowest BCUT2D eigenvalue weighted by atomic mass is 10.0. The second-order valence-corrected chi connectivity index (χ2v) is 5.00. The van der Waals surface area contributed by atoms with Gasteiger partial charge in [-0.3, -0.25) is 4.98 Å². The number of aliphatic hydroxyl groups is 1. The number of aliphatic hydroxyl groups excluding tert-OH is 1. The van der Waals surface area contributed by atoms with Crippen LogP contribution in [0.2, 0.25) is 5.02 Å². The van der Waals surface area contributed by atoms with Gasteiger partial charge in [0.15, 0.2) is 0 Å². The molecule has 1 aromatic heterocycles. The Labute approximate surface area is 113 Å². The molecule has 0 saturated heterocycles. The highest BCUT2D eigenvalue weighted by Crippen LogP contribution is 2.34. The summed E-state index contributed by atoms with van der Waals surface area (Å²) in [5.74, 6) is 0. The Morgan fingerprint density at radius 1 is 1.29 bits per heavy atom. The molecular weight excluding hydrogens is 302 g/mol. The van der Waals surface area contributed by atoms with Crippen LogP contribution in [0.4, 0.5) is 0 Å². The average Bonchev–Trinajstić information content (AvgIpc) is 2.29. The first-order valence-electron chi connectivity index (χ1n) is 5.14. The minimum atomic E-state index is -0.820. The fraction of sp³-hybridized carbons (Fsp3) is 0.154. The van der Waals surface area contributed by atoms with Gasteiger partial charge in [0.1, 0.15) is 6.10 Å². The molecule has 0 radical (unpaired) electrons. The first-order valence-corrected chi connectivity index (χ1v) is 6.32. The van der Waals surface area contributed by atoms with Gasteiger partial charge in [-0.05, 0) is 30.7 Å². The summed E-state index contributed by atoms with van der Waals surface area (Å²) in [5, 5.41) is 10.9. The second-order valence-electron chi connectivity index (χ2n) is 3.74. The van der Waals surface area contributed by atoms with E-state index in [0.29, 0.717) is 16.3 Å². The van der Waals surface area contributed by atoms with Crippen LogP contribution in [0.15, 0.2) is 41.0 Å². The van der Waals surface area contributed by atoms with Gasteiger partial charge >= 0.3 is 0 Å². The van der Waals surface area contributed by atoms with Crippen molar-refractivity contribution in [1.82, 2.24) is 4.98 Å². The Bertz CT molecular complexity index is 524. The van der Waals surface area contributed by atoms with Gasteiger partial charge in [0.05, 0.1) is 5.69 Å². The molecule has 17 heavy (non-hydrogen) atoms. The second kappa shape index (κ2) is 5.17. The normalized spacial score (nSPS) is 12.5. The molecule has 0 amide bonds. The fourth-order valence-corrected chi connectivity index (χ4v) is 2.67. The van der Waals surface area contributed by atoms with E-state index in [9.17, 15) is 5.11 Å². The van der Waals surface area contributed by atoms with Gasteiger partial charge in [0.25, 0.3) is 0 Å². The maximum absolute atomic E-state index is 10.4. The molecule has 1 unspecified atom stereocenters. The lowest BCUT2D eigenvalue weighted by Gasteiger charge is -2.15. The lowest BCUT2D eigenvalue weighted by Crippen LogP contribution is -2.06. The predicted molar refractivity (Wildman–Crippen MR) is 72.2 cm³/mol. The summed E-state index contributed by atoms with van der Waals surface area (Å²) in [6, 6.07) is 9.18. The number of hydrogen-bond donors (Lipinski definition) is 1. The molecule has 88 valence electrons. The van der Waals surface area contributed by atoms with Crippen LogP contribution in [0.3, 0.4) is 0 Å². The quantitative estimate of drug-likeness (QED) is 0.912. The van der Waals surface area contributed by atoms with Crippen LogP contribution in [-0.4, -0.2) is 10.1 Å². The Hall–Kier alpha value is -0.900. The van der Waals surface area contributed by atoms with Crippen molar-refractivity contribution in [2.24, 2.45) is 0 Å². The summed E-state index contributed by atoms with van der Waals surface area (Å²) in [6.07, 6.45) is 0.843. The van der Waals surface area contributed by atoms with E-state index >= 15 is 0 Å². The lowest BCUT2D eigenvalue weighted by molar-refractivity contribution is 0.214. The number of rotatable bonds is 2. The van der Waals surface area contributed by atoms with Crippen LogP contribution in [0.5, 0.6) is 0 Å². The molecule has 0 aliphatic rings. The van der Waals surface area contributed by atoms with Crippen LogP contribution >= 0.6 is 27.5 Å². The van der Waals surface area contributed by atoms with Gasteiger partial charge in [-0.15, -0.1) is 0 Å². The summed E-state index contributed by atoms with van der Waals surface area (Å²) in [6.45, 7) is 1.91. The number of halogens is 2. The molecule has 1 atom stereocenters. The van der Waals surface area contributed by atoms with E-state index in [-0.39, 0.29) is 0 Å². The third-order valence-electron chi connectivity index (χ3n) is 2.58. The summed E-state index contributed by atoms with van der Waals surface area (Å²) >= 11 is 9.51. The molecule has 2 rings (SSSR count). The number of hydrogen-bond acceptors (Lipinski definition) is 2. The molecule has 0 bridgehead atoms. The molecule has 0 aliphatic heterocycles. The molecule has 0 saturated carbocycles. The van der Waals surface area contributed by atoms with Gasteiger partial charge in [0, 0.05) is 21.3 Å². The minimum Gasteiger partial charge on any atom is -0.382 e. The zero-order valence-electron chi connectivity index (χ0n) is 9.19. The van der Waals surface area contributed by atoms with E-state index in [1.165, 1.54) is 0 Å². The Morgan fingerprint density at radius 2 is 2.06 bits per heavy atom. The van der Waals surface area contributed by atoms with Crippen LogP contribution in [0.1, 0.15) is 22.9 Å². The molecule has 1 N–H and O–H groups in total. The van der Waals surface area contributed by atoms with E-state index in [1.807, 2.05) is 31.2 Å². The van der Waals surface area contributed by atoms with Crippen molar-refractivity contribution in [1.29, 1.82) is 0 Å². The van der Waals surface area contributed by atoms with Crippen molar-refractivity contribution in [3.63, 3.8) is 0 Å². The van der Waals surface area contributed by atoms with Crippen LogP contribution < -0.4 is 0 Å². The van der Waals surface area contributed by atoms with Crippen molar-refractivity contribution in [2.75, 3.05) is 0 Å². The zero-order valence-corrected chi connectivity index (χ0v) is 11.5. The number of nitrogens with zero attached hydrogens (tertiary/aromatic N) is 1. The van der Waals surface area contributed by atoms with E-state index < -0.39 is 6.10 Å². The molecule has 1 aromatic carbocycles. The molecule has 2 aromatic rings. The van der Waals surface area contributed by atoms with E-state index in [1.54, 1.807) is 12.3 Å². The van der Waals surface area contributed by atoms with Crippen molar-refractivity contribution in [3.8, 4) is 0 Å². The van der Waals surface area contributed by atoms with Gasteiger partial charge in [0.2, 0.25) is 0 Å². The van der Waals surface area contributed by atoms with Gasteiger partial charge < -0.3 is 5.11 Å². The highest BCUT2D eigenvalue weighted by Gasteiger charge is 2.19. The van der Waals surface area contributed by atoms with Gasteiger partial charge in [-0.2, -0.15) is 0 Å². The van der Waals surface area contributed by atoms with Crippen molar-refractivity contribution < 1.29 is 5.11 Å². The monoisotopic (exact) mass is 311 g/mol. The van der Waals surface area contributed by atoms with Crippen LogP contribution in [-0.2, 0) is 0 Å².